The summed E-state index contributed by atoms with van der Waals surface area (Å²) in [5.41, 5.74) is 19.1. The Balaban J connectivity index is 1.11. The Morgan fingerprint density at radius 2 is 1.08 bits per heavy atom. The van der Waals surface area contributed by atoms with Gasteiger partial charge >= 0.3 is 0 Å². The number of aryl methyl sites for hydroxylation is 1. The van der Waals surface area contributed by atoms with Gasteiger partial charge in [-0.3, -0.25) is 4.98 Å². The second-order valence-electron chi connectivity index (χ2n) is 14.2. The van der Waals surface area contributed by atoms with Crippen LogP contribution in [-0.4, -0.2) is 4.98 Å². The molecule has 1 atom stereocenters. The van der Waals surface area contributed by atoms with Gasteiger partial charge < -0.3 is 5.32 Å². The number of dihydropyridines is 1. The molecular weight excluding hydrogens is 629 g/mol. The molecule has 0 amide bonds. The predicted molar refractivity (Wildman–Crippen MR) is 217 cm³/mol. The van der Waals surface area contributed by atoms with E-state index in [0.29, 0.717) is 0 Å². The molecule has 2 aliphatic carbocycles. The van der Waals surface area contributed by atoms with Crippen LogP contribution >= 0.6 is 0 Å². The average Bonchev–Trinajstić information content (AvgIpc) is 3.55. The molecule has 0 radical (unpaired) electrons. The van der Waals surface area contributed by atoms with E-state index in [1.807, 2.05) is 6.20 Å². The van der Waals surface area contributed by atoms with E-state index < -0.39 is 0 Å². The number of nitrogens with zero attached hydrogens (tertiary/aromatic N) is 1. The molecule has 2 nitrogen and oxygen atoms in total. The zero-order valence-corrected chi connectivity index (χ0v) is 28.6. The lowest BCUT2D eigenvalue weighted by molar-refractivity contribution is 0.618. The van der Waals surface area contributed by atoms with E-state index in [4.69, 9.17) is 4.98 Å². The maximum atomic E-state index is 4.81. The van der Waals surface area contributed by atoms with Crippen molar-refractivity contribution >= 4 is 27.2 Å². The van der Waals surface area contributed by atoms with E-state index in [1.54, 1.807) is 0 Å². The number of fused-ring (bicyclic) bond motifs is 7. The van der Waals surface area contributed by atoms with Gasteiger partial charge in [0, 0.05) is 11.9 Å². The molecule has 0 spiro atoms. The highest BCUT2D eigenvalue weighted by atomic mass is 15.0. The van der Waals surface area contributed by atoms with Gasteiger partial charge in [0.05, 0.1) is 11.7 Å². The van der Waals surface area contributed by atoms with Crippen molar-refractivity contribution < 1.29 is 0 Å². The van der Waals surface area contributed by atoms with Crippen molar-refractivity contribution in [2.75, 3.05) is 0 Å². The van der Waals surface area contributed by atoms with Gasteiger partial charge in [0.15, 0.2) is 0 Å². The minimum atomic E-state index is 0.122. The molecule has 0 saturated heterocycles. The number of benzene rings is 7. The fraction of sp³-hybridized carbons (Fsp3) is 0.0600. The number of aromatic nitrogens is 1. The van der Waals surface area contributed by atoms with Crippen LogP contribution in [0.25, 0.3) is 82.9 Å². The number of allylic oxidation sites excluding steroid dienone is 2. The summed E-state index contributed by atoms with van der Waals surface area (Å²) in [4.78, 5) is 4.81. The van der Waals surface area contributed by atoms with Crippen molar-refractivity contribution in [2.45, 2.75) is 18.9 Å². The Hall–Kier alpha value is -6.51. The molecule has 244 valence electrons. The minimum Gasteiger partial charge on any atom is -0.373 e. The third-order valence-corrected chi connectivity index (χ3v) is 11.4. The quantitative estimate of drug-likeness (QED) is 0.203. The number of hydrogen-bond donors (Lipinski definition) is 1. The van der Waals surface area contributed by atoms with Crippen molar-refractivity contribution in [1.82, 2.24) is 10.3 Å². The highest BCUT2D eigenvalue weighted by Gasteiger charge is 2.32. The molecule has 0 saturated carbocycles. The highest BCUT2D eigenvalue weighted by molar-refractivity contribution is 6.28. The zero-order valence-electron chi connectivity index (χ0n) is 28.6. The van der Waals surface area contributed by atoms with Gasteiger partial charge in [0.25, 0.3) is 0 Å². The summed E-state index contributed by atoms with van der Waals surface area (Å²) in [6.45, 7) is 0. The summed E-state index contributed by atoms with van der Waals surface area (Å²) in [6.07, 6.45) is 8.61. The highest BCUT2D eigenvalue weighted by Crippen LogP contribution is 2.58. The normalized spacial score (nSPS) is 15.3. The van der Waals surface area contributed by atoms with Crippen LogP contribution < -0.4 is 5.32 Å². The van der Waals surface area contributed by atoms with E-state index in [0.717, 1.165) is 24.2 Å². The number of hydrogen-bond acceptors (Lipinski definition) is 2. The second kappa shape index (κ2) is 11.5. The third kappa shape index (κ3) is 4.34. The van der Waals surface area contributed by atoms with Crippen molar-refractivity contribution in [3.05, 3.63) is 192 Å². The predicted octanol–water partition coefficient (Wildman–Crippen LogP) is 12.6. The van der Waals surface area contributed by atoms with Crippen LogP contribution in [0.15, 0.2) is 176 Å². The van der Waals surface area contributed by atoms with Crippen LogP contribution in [0.5, 0.6) is 0 Å². The van der Waals surface area contributed by atoms with Gasteiger partial charge in [-0.15, -0.1) is 0 Å². The lowest BCUT2D eigenvalue weighted by Crippen LogP contribution is -2.29. The molecule has 52 heavy (non-hydrogen) atoms. The first-order chi connectivity index (χ1) is 25.8. The molecule has 11 rings (SSSR count). The summed E-state index contributed by atoms with van der Waals surface area (Å²) in [5, 5.41) is 9.05. The number of rotatable bonds is 4. The van der Waals surface area contributed by atoms with Gasteiger partial charge in [-0.25, -0.2) is 0 Å². The molecule has 1 N–H and O–H groups in total. The standard InChI is InChI=1S/C50H34N2/c1-3-12-31(13-4-1)44-39-19-7-8-20-40(39)45(32-14-5-2-6-15-32)48-42-27-26-37(38-21-10-22-41(46(38)42)47(44)48)35-16-9-17-36(30-35)43-28-25-34-24-23-33-18-11-29-51-49(33)50(34)52-43/h1-22,25-30,50,52H,23-24H2. The van der Waals surface area contributed by atoms with Crippen molar-refractivity contribution in [3.8, 4) is 55.6 Å². The van der Waals surface area contributed by atoms with E-state index >= 15 is 0 Å². The first kappa shape index (κ1) is 29.2. The first-order valence-corrected chi connectivity index (χ1v) is 18.3. The summed E-state index contributed by atoms with van der Waals surface area (Å²) in [6, 6.07) is 56.0. The first-order valence-electron chi connectivity index (χ1n) is 18.3. The van der Waals surface area contributed by atoms with Gasteiger partial charge in [0.1, 0.15) is 0 Å². The number of nitrogens with one attached hydrogen (secondary N) is 1. The van der Waals surface area contributed by atoms with Gasteiger partial charge in [0.2, 0.25) is 0 Å². The molecule has 8 aromatic rings. The lowest BCUT2D eigenvalue weighted by Gasteiger charge is -2.32. The topological polar surface area (TPSA) is 24.9 Å². The monoisotopic (exact) mass is 662 g/mol. The van der Waals surface area contributed by atoms with Crippen molar-refractivity contribution in [3.63, 3.8) is 0 Å². The van der Waals surface area contributed by atoms with Crippen LogP contribution in [0.3, 0.4) is 0 Å². The van der Waals surface area contributed by atoms with Crippen LogP contribution in [-0.2, 0) is 6.42 Å². The fourth-order valence-corrected chi connectivity index (χ4v) is 9.15. The van der Waals surface area contributed by atoms with Crippen LogP contribution in [0, 0.1) is 0 Å². The average molecular weight is 663 g/mol. The lowest BCUT2D eigenvalue weighted by atomic mass is 9.82. The molecule has 0 fully saturated rings. The molecular formula is C50H34N2. The molecule has 2 heteroatoms. The summed E-state index contributed by atoms with van der Waals surface area (Å²) >= 11 is 0. The smallest absolute Gasteiger partial charge is 0.0905 e. The van der Waals surface area contributed by atoms with Crippen LogP contribution in [0.4, 0.5) is 0 Å². The number of pyridine rings is 1. The fourth-order valence-electron chi connectivity index (χ4n) is 9.15. The Morgan fingerprint density at radius 3 is 1.83 bits per heavy atom. The summed E-state index contributed by atoms with van der Waals surface area (Å²) in [5.74, 6) is 0. The Bertz CT molecular complexity index is 2720. The molecule has 7 aromatic carbocycles. The van der Waals surface area contributed by atoms with E-state index in [1.165, 1.54) is 93.9 Å². The van der Waals surface area contributed by atoms with Crippen molar-refractivity contribution in [2.24, 2.45) is 0 Å². The zero-order chi connectivity index (χ0) is 34.2. The second-order valence-corrected chi connectivity index (χ2v) is 14.2. The van der Waals surface area contributed by atoms with E-state index in [9.17, 15) is 0 Å². The van der Waals surface area contributed by atoms with E-state index in [-0.39, 0.29) is 6.04 Å². The van der Waals surface area contributed by atoms with Gasteiger partial charge in [-0.2, -0.15) is 0 Å². The third-order valence-electron chi connectivity index (χ3n) is 11.4. The van der Waals surface area contributed by atoms with Crippen molar-refractivity contribution in [1.29, 1.82) is 0 Å². The summed E-state index contributed by atoms with van der Waals surface area (Å²) in [7, 11) is 0. The molecule has 1 aliphatic heterocycles. The summed E-state index contributed by atoms with van der Waals surface area (Å²) < 4.78 is 0. The Kier molecular flexibility index (Phi) is 6.47. The molecule has 2 heterocycles. The van der Waals surface area contributed by atoms with Crippen LogP contribution in [0.2, 0.25) is 0 Å². The van der Waals surface area contributed by atoms with Crippen LogP contribution in [0.1, 0.15) is 29.3 Å². The maximum Gasteiger partial charge on any atom is 0.0905 e. The largest absolute Gasteiger partial charge is 0.373 e. The Morgan fingerprint density at radius 1 is 0.462 bits per heavy atom. The molecule has 3 aliphatic rings. The minimum absolute atomic E-state index is 0.122. The van der Waals surface area contributed by atoms with Gasteiger partial charge in [-0.1, -0.05) is 146 Å². The van der Waals surface area contributed by atoms with Gasteiger partial charge in [-0.05, 0) is 125 Å². The molecule has 1 aromatic heterocycles. The van der Waals surface area contributed by atoms with E-state index in [2.05, 4.69) is 169 Å². The SMILES string of the molecule is C1=C(c2cccc(-c3ccc4c5c(cccc35)-c3c-4c(-c4ccccc4)c4ccccc4c3-c3ccccc3)c2)NC2C(=C1)CCc1cccnc12. The molecule has 0 bridgehead atoms. The maximum absolute atomic E-state index is 4.81. The molecule has 1 unspecified atom stereocenters. The Labute approximate surface area is 303 Å².